The van der Waals surface area contributed by atoms with E-state index in [-0.39, 0.29) is 23.4 Å². The summed E-state index contributed by atoms with van der Waals surface area (Å²) in [6.45, 7) is 12.6. The molecule has 0 saturated carbocycles. The number of carbonyl (C=O) groups excluding carboxylic acids is 2. The molecule has 1 aromatic carbocycles. The fourth-order valence-corrected chi connectivity index (χ4v) is 3.48. The summed E-state index contributed by atoms with van der Waals surface area (Å²) in [6.07, 6.45) is 0.473. The number of rotatable bonds is 4. The van der Waals surface area contributed by atoms with Crippen LogP contribution in [0.25, 0.3) is 0 Å². The van der Waals surface area contributed by atoms with Crippen molar-refractivity contribution < 1.29 is 37.3 Å². The molecule has 1 atom stereocenters. The summed E-state index contributed by atoms with van der Waals surface area (Å²) in [6, 6.07) is 3.44. The van der Waals surface area contributed by atoms with E-state index in [1.807, 2.05) is 0 Å². The van der Waals surface area contributed by atoms with Gasteiger partial charge < -0.3 is 23.8 Å². The van der Waals surface area contributed by atoms with Crippen LogP contribution < -0.4 is 4.74 Å². The number of ether oxygens (including phenoxy) is 4. The number of hydrogen-bond donors (Lipinski definition) is 0. The van der Waals surface area contributed by atoms with Gasteiger partial charge in [0.25, 0.3) is 0 Å². The van der Waals surface area contributed by atoms with Gasteiger partial charge >= 0.3 is 12.1 Å². The summed E-state index contributed by atoms with van der Waals surface area (Å²) in [7, 11) is 0. The van der Waals surface area contributed by atoms with Gasteiger partial charge in [0.15, 0.2) is 0 Å². The first-order valence-corrected chi connectivity index (χ1v) is 12.5. The molecule has 210 valence electrons. The van der Waals surface area contributed by atoms with Crippen LogP contribution in [0.1, 0.15) is 68.7 Å². The SMILES string of the molecule is Cc1cc(OCc2c(F)cc(C(=O)OC(C)(C)C)cc2F)c(C#C[C@H]2CN(C(=O)OC(C)(C)C)CCO2)cn1. The molecule has 39 heavy (non-hydrogen) atoms. The van der Waals surface area contributed by atoms with E-state index in [9.17, 15) is 18.4 Å². The van der Waals surface area contributed by atoms with E-state index in [1.165, 1.54) is 11.1 Å². The summed E-state index contributed by atoms with van der Waals surface area (Å²) in [5.74, 6) is 3.47. The van der Waals surface area contributed by atoms with Crippen molar-refractivity contribution >= 4 is 12.1 Å². The van der Waals surface area contributed by atoms with Crippen molar-refractivity contribution in [1.29, 1.82) is 0 Å². The summed E-state index contributed by atoms with van der Waals surface area (Å²) in [5.41, 5.74) is -1.02. The third kappa shape index (κ3) is 8.93. The molecule has 2 heterocycles. The Balaban J connectivity index is 1.74. The Morgan fingerprint density at radius 1 is 1.08 bits per heavy atom. The molecule has 1 aliphatic rings. The summed E-state index contributed by atoms with van der Waals surface area (Å²) < 4.78 is 51.5. The van der Waals surface area contributed by atoms with Crippen LogP contribution in [0.15, 0.2) is 24.4 Å². The molecule has 0 aliphatic carbocycles. The van der Waals surface area contributed by atoms with Crippen LogP contribution in [-0.2, 0) is 20.8 Å². The molecular formula is C29H34F2N2O6. The Kier molecular flexibility index (Phi) is 9.18. The lowest BCUT2D eigenvalue weighted by molar-refractivity contribution is -0.0236. The Morgan fingerprint density at radius 2 is 1.72 bits per heavy atom. The van der Waals surface area contributed by atoms with Gasteiger partial charge in [0.05, 0.1) is 29.8 Å². The highest BCUT2D eigenvalue weighted by Gasteiger charge is 2.27. The second-order valence-electron chi connectivity index (χ2n) is 11.1. The van der Waals surface area contributed by atoms with Crippen molar-refractivity contribution in [3.8, 4) is 17.6 Å². The van der Waals surface area contributed by atoms with Gasteiger partial charge in [-0.2, -0.15) is 0 Å². The minimum atomic E-state index is -0.938. The van der Waals surface area contributed by atoms with E-state index in [2.05, 4.69) is 16.8 Å². The zero-order valence-corrected chi connectivity index (χ0v) is 23.3. The average Bonchev–Trinajstić information content (AvgIpc) is 2.81. The van der Waals surface area contributed by atoms with Crippen molar-refractivity contribution in [2.24, 2.45) is 0 Å². The molecule has 1 fully saturated rings. The quantitative estimate of drug-likeness (QED) is 0.387. The van der Waals surface area contributed by atoms with Crippen LogP contribution in [0.5, 0.6) is 5.75 Å². The number of aromatic nitrogens is 1. The van der Waals surface area contributed by atoms with E-state index < -0.39 is 47.6 Å². The van der Waals surface area contributed by atoms with Crippen LogP contribution >= 0.6 is 0 Å². The predicted molar refractivity (Wildman–Crippen MR) is 139 cm³/mol. The molecule has 1 aliphatic heterocycles. The van der Waals surface area contributed by atoms with Crippen LogP contribution in [0, 0.1) is 30.4 Å². The molecular weight excluding hydrogens is 510 g/mol. The van der Waals surface area contributed by atoms with E-state index in [0.29, 0.717) is 24.4 Å². The molecule has 0 spiro atoms. The number of halogens is 2. The van der Waals surface area contributed by atoms with E-state index in [0.717, 1.165) is 12.1 Å². The lowest BCUT2D eigenvalue weighted by atomic mass is 10.1. The van der Waals surface area contributed by atoms with E-state index in [4.69, 9.17) is 18.9 Å². The number of pyridine rings is 1. The number of nitrogens with zero attached hydrogens (tertiary/aromatic N) is 2. The molecule has 1 amide bonds. The third-order valence-corrected chi connectivity index (χ3v) is 5.24. The molecule has 0 radical (unpaired) electrons. The maximum Gasteiger partial charge on any atom is 0.410 e. The molecule has 8 nitrogen and oxygen atoms in total. The minimum absolute atomic E-state index is 0.220. The summed E-state index contributed by atoms with van der Waals surface area (Å²) >= 11 is 0. The number of morpholine rings is 1. The number of benzene rings is 1. The maximum absolute atomic E-state index is 14.8. The maximum atomic E-state index is 14.8. The first-order chi connectivity index (χ1) is 18.1. The molecule has 0 N–H and O–H groups in total. The lowest BCUT2D eigenvalue weighted by Gasteiger charge is -2.32. The van der Waals surface area contributed by atoms with Crippen molar-refractivity contribution in [2.75, 3.05) is 19.7 Å². The Hall–Kier alpha value is -3.71. The zero-order chi connectivity index (χ0) is 29.0. The molecule has 0 bridgehead atoms. The largest absolute Gasteiger partial charge is 0.487 e. The van der Waals surface area contributed by atoms with Crippen LogP contribution in [0.4, 0.5) is 13.6 Å². The first kappa shape index (κ1) is 29.8. The molecule has 3 rings (SSSR count). The summed E-state index contributed by atoms with van der Waals surface area (Å²) in [4.78, 5) is 30.4. The number of esters is 1. The molecule has 1 saturated heterocycles. The van der Waals surface area contributed by atoms with Crippen molar-refractivity contribution in [2.45, 2.75) is 72.4 Å². The first-order valence-electron chi connectivity index (χ1n) is 12.5. The number of hydrogen-bond acceptors (Lipinski definition) is 7. The van der Waals surface area contributed by atoms with Gasteiger partial charge in [0.2, 0.25) is 0 Å². The monoisotopic (exact) mass is 544 g/mol. The number of carbonyl (C=O) groups is 2. The van der Waals surface area contributed by atoms with Gasteiger partial charge in [-0.3, -0.25) is 4.98 Å². The standard InChI is InChI=1S/C29H34F2N2O6/c1-18-12-25(37-17-22-23(30)13-20(14-24(22)31)26(34)38-28(2,3)4)19(15-32-18)8-9-21-16-33(10-11-36-21)27(35)39-29(5,6)7/h12-15,21H,10-11,16-17H2,1-7H3/t21-/m0/s1. The number of amides is 1. The van der Waals surface area contributed by atoms with Crippen LogP contribution in [0.3, 0.4) is 0 Å². The van der Waals surface area contributed by atoms with Gasteiger partial charge in [0.1, 0.15) is 41.3 Å². The van der Waals surface area contributed by atoms with Crippen molar-refractivity contribution in [3.63, 3.8) is 0 Å². The number of aryl methyl sites for hydroxylation is 1. The van der Waals surface area contributed by atoms with Gasteiger partial charge in [-0.15, -0.1) is 0 Å². The second-order valence-corrected chi connectivity index (χ2v) is 11.1. The Bertz CT molecular complexity index is 1260. The van der Waals surface area contributed by atoms with Gasteiger partial charge in [-0.1, -0.05) is 11.8 Å². The normalized spacial score (nSPS) is 15.7. The van der Waals surface area contributed by atoms with E-state index in [1.54, 1.807) is 54.5 Å². The third-order valence-electron chi connectivity index (χ3n) is 5.24. The van der Waals surface area contributed by atoms with Crippen molar-refractivity contribution in [1.82, 2.24) is 9.88 Å². The van der Waals surface area contributed by atoms with Gasteiger partial charge in [-0.05, 0) is 60.6 Å². The molecule has 0 unspecified atom stereocenters. The average molecular weight is 545 g/mol. The topological polar surface area (TPSA) is 87.2 Å². The van der Waals surface area contributed by atoms with Crippen molar-refractivity contribution in [3.05, 3.63) is 58.4 Å². The fraction of sp³-hybridized carbons (Fsp3) is 0.483. The second kappa shape index (κ2) is 12.0. The highest BCUT2D eigenvalue weighted by Crippen LogP contribution is 2.23. The summed E-state index contributed by atoms with van der Waals surface area (Å²) in [5, 5.41) is 0. The minimum Gasteiger partial charge on any atom is -0.487 e. The van der Waals surface area contributed by atoms with Gasteiger partial charge in [0, 0.05) is 24.5 Å². The van der Waals surface area contributed by atoms with Crippen LogP contribution in [0.2, 0.25) is 0 Å². The Labute approximate surface area is 227 Å². The Morgan fingerprint density at radius 3 is 2.33 bits per heavy atom. The lowest BCUT2D eigenvalue weighted by Crippen LogP contribution is -2.47. The zero-order valence-electron chi connectivity index (χ0n) is 23.3. The highest BCUT2D eigenvalue weighted by atomic mass is 19.1. The molecule has 1 aromatic heterocycles. The van der Waals surface area contributed by atoms with Gasteiger partial charge in [-0.25, -0.2) is 18.4 Å². The molecule has 10 heteroatoms. The van der Waals surface area contributed by atoms with E-state index >= 15 is 0 Å². The fourth-order valence-electron chi connectivity index (χ4n) is 3.48. The smallest absolute Gasteiger partial charge is 0.410 e. The predicted octanol–water partition coefficient (Wildman–Crippen LogP) is 5.19. The van der Waals surface area contributed by atoms with Crippen LogP contribution in [-0.4, -0.2) is 58.9 Å². The highest BCUT2D eigenvalue weighted by molar-refractivity contribution is 5.89. The molecule has 2 aromatic rings.